The second kappa shape index (κ2) is 6.62. The van der Waals surface area contributed by atoms with Crippen LogP contribution in [0.3, 0.4) is 0 Å². The summed E-state index contributed by atoms with van der Waals surface area (Å²) in [5.41, 5.74) is 2.56. The minimum Gasteiger partial charge on any atom is -0.431 e. The number of benzene rings is 1. The van der Waals surface area contributed by atoms with Crippen molar-refractivity contribution in [1.29, 1.82) is 0 Å². The number of hydrogen-bond donors (Lipinski definition) is 1. The molecule has 1 unspecified atom stereocenters. The summed E-state index contributed by atoms with van der Waals surface area (Å²) in [4.78, 5) is 20.3. The Hall–Kier alpha value is -2.34. The second-order valence-corrected chi connectivity index (χ2v) is 5.73. The van der Waals surface area contributed by atoms with Gasteiger partial charge in [-0.05, 0) is 36.8 Å². The molecule has 1 N–H and O–H groups in total. The molecule has 1 atom stereocenters. The van der Waals surface area contributed by atoms with Crippen LogP contribution in [0.4, 0.5) is 0 Å². The summed E-state index contributed by atoms with van der Waals surface area (Å²) in [6.45, 7) is 1.94. The predicted molar refractivity (Wildman–Crippen MR) is 85.5 cm³/mol. The summed E-state index contributed by atoms with van der Waals surface area (Å²) in [6.07, 6.45) is 3.43. The van der Waals surface area contributed by atoms with Gasteiger partial charge >= 0.3 is 0 Å². The fourth-order valence-electron chi connectivity index (χ4n) is 2.06. The molecule has 6 heteroatoms. The Labute approximate surface area is 132 Å². The molecule has 0 saturated carbocycles. The van der Waals surface area contributed by atoms with Gasteiger partial charge < -0.3 is 9.73 Å². The number of fused-ring (bicyclic) bond motifs is 1. The zero-order chi connectivity index (χ0) is 15.4. The lowest BCUT2D eigenvalue weighted by atomic mass is 10.1. The van der Waals surface area contributed by atoms with Crippen LogP contribution in [0.15, 0.2) is 58.4 Å². The van der Waals surface area contributed by atoms with E-state index in [1.54, 1.807) is 12.4 Å². The number of hydrogen-bond acceptors (Lipinski definition) is 5. The van der Waals surface area contributed by atoms with Gasteiger partial charge in [0.05, 0.1) is 11.8 Å². The number of amides is 1. The average molecular weight is 313 g/mol. The molecule has 0 radical (unpaired) electrons. The molecule has 0 aliphatic heterocycles. The maximum absolute atomic E-state index is 12.0. The monoisotopic (exact) mass is 313 g/mol. The zero-order valence-electron chi connectivity index (χ0n) is 12.0. The van der Waals surface area contributed by atoms with E-state index in [1.165, 1.54) is 11.8 Å². The standard InChI is InChI=1S/C16H15N3O2S/c1-11(12-6-8-17-9-7-12)18-15(20)10-22-16-19-13-4-2-3-5-14(13)21-16/h2-9,11H,10H2,1H3,(H,18,20). The van der Waals surface area contributed by atoms with E-state index in [1.807, 2.05) is 43.3 Å². The average Bonchev–Trinajstić information content (AvgIpc) is 2.96. The summed E-state index contributed by atoms with van der Waals surface area (Å²) >= 11 is 1.29. The van der Waals surface area contributed by atoms with Crippen LogP contribution in [0.25, 0.3) is 11.1 Å². The third-order valence-corrected chi connectivity index (χ3v) is 4.01. The molecule has 3 aromatic rings. The van der Waals surface area contributed by atoms with Gasteiger partial charge in [0.15, 0.2) is 5.58 Å². The van der Waals surface area contributed by atoms with Gasteiger partial charge in [-0.3, -0.25) is 9.78 Å². The number of thioether (sulfide) groups is 1. The zero-order valence-corrected chi connectivity index (χ0v) is 12.8. The number of rotatable bonds is 5. The van der Waals surface area contributed by atoms with Crippen LogP contribution in [0.5, 0.6) is 0 Å². The minimum absolute atomic E-state index is 0.0558. The highest BCUT2D eigenvalue weighted by atomic mass is 32.2. The first-order chi connectivity index (χ1) is 10.7. The molecule has 2 heterocycles. The second-order valence-electron chi connectivity index (χ2n) is 4.81. The van der Waals surface area contributed by atoms with E-state index >= 15 is 0 Å². The van der Waals surface area contributed by atoms with Crippen LogP contribution in [0, 0.1) is 0 Å². The highest BCUT2D eigenvalue weighted by Gasteiger charge is 2.12. The Morgan fingerprint density at radius 3 is 2.82 bits per heavy atom. The van der Waals surface area contributed by atoms with Crippen LogP contribution in [-0.2, 0) is 4.79 Å². The maximum atomic E-state index is 12.0. The Balaban J connectivity index is 1.56. The molecule has 0 spiro atoms. The quantitative estimate of drug-likeness (QED) is 0.733. The van der Waals surface area contributed by atoms with Crippen LogP contribution in [0.1, 0.15) is 18.5 Å². The van der Waals surface area contributed by atoms with Crippen molar-refractivity contribution >= 4 is 28.8 Å². The summed E-state index contributed by atoms with van der Waals surface area (Å²) < 4.78 is 5.57. The van der Waals surface area contributed by atoms with E-state index in [0.717, 1.165) is 16.7 Å². The van der Waals surface area contributed by atoms with Gasteiger partial charge in [-0.2, -0.15) is 0 Å². The van der Waals surface area contributed by atoms with Crippen molar-refractivity contribution in [3.63, 3.8) is 0 Å². The topological polar surface area (TPSA) is 68.0 Å². The van der Waals surface area contributed by atoms with Gasteiger partial charge in [0.25, 0.3) is 5.22 Å². The molecule has 5 nitrogen and oxygen atoms in total. The Kier molecular flexibility index (Phi) is 4.39. The van der Waals surface area contributed by atoms with E-state index in [9.17, 15) is 4.79 Å². The summed E-state index contributed by atoms with van der Waals surface area (Å²) in [5, 5.41) is 3.45. The molecule has 22 heavy (non-hydrogen) atoms. The van der Waals surface area contributed by atoms with Crippen molar-refractivity contribution in [3.8, 4) is 0 Å². The van der Waals surface area contributed by atoms with E-state index in [2.05, 4.69) is 15.3 Å². The fourth-order valence-corrected chi connectivity index (χ4v) is 2.71. The molecule has 0 aliphatic carbocycles. The summed E-state index contributed by atoms with van der Waals surface area (Å²) in [7, 11) is 0. The lowest BCUT2D eigenvalue weighted by Gasteiger charge is -2.13. The lowest BCUT2D eigenvalue weighted by molar-refractivity contribution is -0.119. The molecule has 2 aromatic heterocycles. The van der Waals surface area contributed by atoms with Crippen LogP contribution < -0.4 is 5.32 Å². The largest absolute Gasteiger partial charge is 0.431 e. The summed E-state index contributed by atoms with van der Waals surface area (Å²) in [5.74, 6) is 0.207. The normalized spacial score (nSPS) is 12.2. The van der Waals surface area contributed by atoms with Crippen molar-refractivity contribution in [3.05, 3.63) is 54.4 Å². The van der Waals surface area contributed by atoms with E-state index in [0.29, 0.717) is 5.22 Å². The SMILES string of the molecule is CC(NC(=O)CSc1nc2ccccc2o1)c1ccncc1. The van der Waals surface area contributed by atoms with E-state index in [4.69, 9.17) is 4.42 Å². The first-order valence-corrected chi connectivity index (χ1v) is 7.88. The highest BCUT2D eigenvalue weighted by Crippen LogP contribution is 2.23. The number of pyridine rings is 1. The number of carbonyl (C=O) groups excluding carboxylic acids is 1. The van der Waals surface area contributed by atoms with Gasteiger partial charge in [-0.1, -0.05) is 23.9 Å². The maximum Gasteiger partial charge on any atom is 0.257 e. The summed E-state index contributed by atoms with van der Waals surface area (Å²) in [6, 6.07) is 11.3. The van der Waals surface area contributed by atoms with Crippen molar-refractivity contribution in [2.24, 2.45) is 0 Å². The molecule has 1 aromatic carbocycles. The van der Waals surface area contributed by atoms with Crippen LogP contribution in [0.2, 0.25) is 0 Å². The van der Waals surface area contributed by atoms with Crippen molar-refractivity contribution in [2.45, 2.75) is 18.2 Å². The lowest BCUT2D eigenvalue weighted by Crippen LogP contribution is -2.28. The first kappa shape index (κ1) is 14.6. The minimum atomic E-state index is -0.0587. The van der Waals surface area contributed by atoms with Crippen LogP contribution >= 0.6 is 11.8 Å². The van der Waals surface area contributed by atoms with E-state index in [-0.39, 0.29) is 17.7 Å². The number of nitrogens with zero attached hydrogens (tertiary/aromatic N) is 2. The predicted octanol–water partition coefficient (Wildman–Crippen LogP) is 3.19. The van der Waals surface area contributed by atoms with Gasteiger partial charge in [0.1, 0.15) is 5.52 Å². The third-order valence-electron chi connectivity index (χ3n) is 3.18. The molecule has 0 aliphatic rings. The Morgan fingerprint density at radius 1 is 1.27 bits per heavy atom. The van der Waals surface area contributed by atoms with E-state index < -0.39 is 0 Å². The first-order valence-electron chi connectivity index (χ1n) is 6.90. The fraction of sp³-hybridized carbons (Fsp3) is 0.188. The Bertz CT molecular complexity index is 740. The molecular formula is C16H15N3O2S. The van der Waals surface area contributed by atoms with Gasteiger partial charge in [0, 0.05) is 12.4 Å². The molecule has 0 fully saturated rings. The van der Waals surface area contributed by atoms with Gasteiger partial charge in [-0.25, -0.2) is 4.98 Å². The molecule has 0 bridgehead atoms. The third kappa shape index (κ3) is 3.46. The van der Waals surface area contributed by atoms with Crippen molar-refractivity contribution < 1.29 is 9.21 Å². The van der Waals surface area contributed by atoms with Gasteiger partial charge in [-0.15, -0.1) is 0 Å². The highest BCUT2D eigenvalue weighted by molar-refractivity contribution is 7.99. The Morgan fingerprint density at radius 2 is 2.05 bits per heavy atom. The molecule has 1 amide bonds. The smallest absolute Gasteiger partial charge is 0.257 e. The van der Waals surface area contributed by atoms with Crippen molar-refractivity contribution in [2.75, 3.05) is 5.75 Å². The van der Waals surface area contributed by atoms with Crippen LogP contribution in [-0.4, -0.2) is 21.6 Å². The molecular weight excluding hydrogens is 298 g/mol. The number of carbonyl (C=O) groups is 1. The molecule has 3 rings (SSSR count). The number of oxazole rings is 1. The number of nitrogens with one attached hydrogen (secondary N) is 1. The molecule has 112 valence electrons. The number of aromatic nitrogens is 2. The number of para-hydroxylation sites is 2. The molecule has 0 saturated heterocycles. The van der Waals surface area contributed by atoms with Crippen molar-refractivity contribution in [1.82, 2.24) is 15.3 Å². The van der Waals surface area contributed by atoms with Gasteiger partial charge in [0.2, 0.25) is 5.91 Å².